The second-order valence-electron chi connectivity index (χ2n) is 5.11. The number of Topliss-reactive ketones (excluding diaryl/α,β-unsaturated/α-hetero) is 1. The lowest BCUT2D eigenvalue weighted by Gasteiger charge is -2.15. The molecule has 19 heavy (non-hydrogen) atoms. The molecule has 1 saturated heterocycles. The number of carbonyl (C=O) groups excluding carboxylic acids is 1. The minimum absolute atomic E-state index is 0.0452. The molecule has 0 radical (unpaired) electrons. The quantitative estimate of drug-likeness (QED) is 0.585. The van der Waals surface area contributed by atoms with Gasteiger partial charge in [0.25, 0.3) is 0 Å². The molecule has 1 aliphatic heterocycles. The maximum atomic E-state index is 12.3. The molecule has 0 N–H and O–H groups in total. The minimum Gasteiger partial charge on any atom is -0.493 e. The molecule has 1 atom stereocenters. The molecule has 1 heterocycles. The van der Waals surface area contributed by atoms with Gasteiger partial charge in [0.2, 0.25) is 0 Å². The molecule has 1 aromatic rings. The molecule has 2 rings (SSSR count). The molecule has 104 valence electrons. The van der Waals surface area contributed by atoms with Crippen LogP contribution >= 0.6 is 0 Å². The molecule has 1 fully saturated rings. The maximum Gasteiger partial charge on any atom is 0.167 e. The Morgan fingerprint density at radius 2 is 2.05 bits per heavy atom. The number of ether oxygens (including phenoxy) is 3. The van der Waals surface area contributed by atoms with Crippen LogP contribution in [-0.2, 0) is 4.74 Å². The van der Waals surface area contributed by atoms with E-state index in [2.05, 4.69) is 0 Å². The molecule has 0 amide bonds. The predicted octanol–water partition coefficient (Wildman–Crippen LogP) is 3.00. The number of hydrogen-bond acceptors (Lipinski definition) is 4. The number of methoxy groups -OCH3 is 2. The Morgan fingerprint density at radius 1 is 1.37 bits per heavy atom. The molecule has 0 spiro atoms. The van der Waals surface area contributed by atoms with Gasteiger partial charge in [0, 0.05) is 17.5 Å². The Hall–Kier alpha value is -1.55. The number of ketones is 1. The van der Waals surface area contributed by atoms with E-state index in [1.54, 1.807) is 20.3 Å². The third-order valence-corrected chi connectivity index (χ3v) is 3.13. The minimum atomic E-state index is -0.0452. The van der Waals surface area contributed by atoms with E-state index < -0.39 is 0 Å². The highest BCUT2D eigenvalue weighted by molar-refractivity contribution is 5.98. The fraction of sp³-hybridized carbons (Fsp3) is 0.533. The van der Waals surface area contributed by atoms with Crippen molar-refractivity contribution in [3.8, 4) is 11.5 Å². The molecule has 0 bridgehead atoms. The van der Waals surface area contributed by atoms with Crippen molar-refractivity contribution < 1.29 is 19.0 Å². The van der Waals surface area contributed by atoms with Crippen molar-refractivity contribution >= 4 is 5.78 Å². The molecular formula is C15H20O4. The average Bonchev–Trinajstić information content (AvgIpc) is 3.20. The summed E-state index contributed by atoms with van der Waals surface area (Å²) in [4.78, 5) is 12.3. The van der Waals surface area contributed by atoms with Gasteiger partial charge >= 0.3 is 0 Å². The summed E-state index contributed by atoms with van der Waals surface area (Å²) < 4.78 is 16.0. The fourth-order valence-corrected chi connectivity index (χ4v) is 2.21. The van der Waals surface area contributed by atoms with Gasteiger partial charge in [-0.2, -0.15) is 0 Å². The Labute approximate surface area is 113 Å². The summed E-state index contributed by atoms with van der Waals surface area (Å²) in [7, 11) is 3.17. The summed E-state index contributed by atoms with van der Waals surface area (Å²) in [5, 5.41) is 0. The van der Waals surface area contributed by atoms with Crippen molar-refractivity contribution in [3.05, 3.63) is 23.3 Å². The van der Waals surface area contributed by atoms with Crippen LogP contribution in [0.25, 0.3) is 0 Å². The summed E-state index contributed by atoms with van der Waals surface area (Å²) in [6, 6.07) is 3.58. The van der Waals surface area contributed by atoms with Crippen molar-refractivity contribution in [1.29, 1.82) is 0 Å². The number of rotatable bonds is 6. The highest BCUT2D eigenvalue weighted by Crippen LogP contribution is 2.44. The maximum absolute atomic E-state index is 12.3. The van der Waals surface area contributed by atoms with Crippen LogP contribution in [0.4, 0.5) is 0 Å². The third kappa shape index (κ3) is 2.89. The van der Waals surface area contributed by atoms with Gasteiger partial charge in [0.15, 0.2) is 17.3 Å². The van der Waals surface area contributed by atoms with E-state index in [-0.39, 0.29) is 11.9 Å². The molecule has 4 heteroatoms. The van der Waals surface area contributed by atoms with Gasteiger partial charge in [-0.05, 0) is 18.1 Å². The summed E-state index contributed by atoms with van der Waals surface area (Å²) >= 11 is 0. The van der Waals surface area contributed by atoms with E-state index >= 15 is 0 Å². The lowest BCUT2D eigenvalue weighted by molar-refractivity contribution is 0.0965. The fourth-order valence-electron chi connectivity index (χ4n) is 2.21. The first-order valence-corrected chi connectivity index (χ1v) is 6.48. The molecule has 1 aromatic carbocycles. The molecule has 0 unspecified atom stereocenters. The van der Waals surface area contributed by atoms with Crippen molar-refractivity contribution in [3.63, 3.8) is 0 Å². The standard InChI is InChI=1S/C15H20O4/c1-9(2)7-11(16)10-5-6-12(17-3)15(18-4)14(10)13-8-19-13/h5-6,9,13H,7-8H2,1-4H3/t13-/m0/s1. The van der Waals surface area contributed by atoms with E-state index in [0.29, 0.717) is 36.0 Å². The van der Waals surface area contributed by atoms with E-state index in [4.69, 9.17) is 14.2 Å². The number of epoxide rings is 1. The number of hydrogen-bond donors (Lipinski definition) is 0. The van der Waals surface area contributed by atoms with Crippen LogP contribution in [0.1, 0.15) is 42.3 Å². The van der Waals surface area contributed by atoms with E-state index in [9.17, 15) is 4.79 Å². The van der Waals surface area contributed by atoms with Crippen molar-refractivity contribution in [2.75, 3.05) is 20.8 Å². The van der Waals surface area contributed by atoms with E-state index in [1.807, 2.05) is 19.9 Å². The topological polar surface area (TPSA) is 48.1 Å². The summed E-state index contributed by atoms with van der Waals surface area (Å²) in [5.41, 5.74) is 1.52. The van der Waals surface area contributed by atoms with E-state index in [0.717, 1.165) is 5.56 Å². The van der Waals surface area contributed by atoms with Crippen LogP contribution in [0.15, 0.2) is 12.1 Å². The van der Waals surface area contributed by atoms with Crippen LogP contribution in [0.3, 0.4) is 0 Å². The number of benzene rings is 1. The molecule has 0 saturated carbocycles. The number of carbonyl (C=O) groups is 1. The second kappa shape index (κ2) is 5.61. The van der Waals surface area contributed by atoms with Crippen LogP contribution in [-0.4, -0.2) is 26.6 Å². The van der Waals surface area contributed by atoms with E-state index in [1.165, 1.54) is 0 Å². The third-order valence-electron chi connectivity index (χ3n) is 3.13. The molecule has 0 aromatic heterocycles. The molecule has 0 aliphatic carbocycles. The van der Waals surface area contributed by atoms with Crippen molar-refractivity contribution in [2.24, 2.45) is 5.92 Å². The van der Waals surface area contributed by atoms with Gasteiger partial charge in [0.1, 0.15) is 6.10 Å². The smallest absolute Gasteiger partial charge is 0.167 e. The Morgan fingerprint density at radius 3 is 2.53 bits per heavy atom. The zero-order valence-corrected chi connectivity index (χ0v) is 11.9. The Bertz CT molecular complexity index is 475. The first kappa shape index (κ1) is 13.9. The summed E-state index contributed by atoms with van der Waals surface area (Å²) in [5.74, 6) is 1.70. The normalized spacial score (nSPS) is 17.4. The first-order chi connectivity index (χ1) is 9.08. The van der Waals surface area contributed by atoms with Crippen molar-refractivity contribution in [1.82, 2.24) is 0 Å². The average molecular weight is 264 g/mol. The zero-order chi connectivity index (χ0) is 14.0. The summed E-state index contributed by atoms with van der Waals surface area (Å²) in [6.45, 7) is 4.70. The van der Waals surface area contributed by atoms with Gasteiger partial charge in [-0.3, -0.25) is 4.79 Å². The van der Waals surface area contributed by atoms with Gasteiger partial charge in [-0.15, -0.1) is 0 Å². The van der Waals surface area contributed by atoms with Gasteiger partial charge < -0.3 is 14.2 Å². The molecule has 1 aliphatic rings. The van der Waals surface area contributed by atoms with Crippen LogP contribution in [0, 0.1) is 5.92 Å². The van der Waals surface area contributed by atoms with Gasteiger partial charge in [-0.25, -0.2) is 0 Å². The first-order valence-electron chi connectivity index (χ1n) is 6.48. The SMILES string of the molecule is COc1ccc(C(=O)CC(C)C)c([C@@H]2CO2)c1OC. The second-order valence-corrected chi connectivity index (χ2v) is 5.11. The van der Waals surface area contributed by atoms with Crippen LogP contribution in [0.5, 0.6) is 11.5 Å². The van der Waals surface area contributed by atoms with Crippen LogP contribution < -0.4 is 9.47 Å². The van der Waals surface area contributed by atoms with Gasteiger partial charge in [-0.1, -0.05) is 13.8 Å². The molecule has 4 nitrogen and oxygen atoms in total. The lowest BCUT2D eigenvalue weighted by Crippen LogP contribution is -2.09. The van der Waals surface area contributed by atoms with Crippen LogP contribution in [0.2, 0.25) is 0 Å². The Balaban J connectivity index is 2.45. The summed E-state index contributed by atoms with van der Waals surface area (Å²) in [6.07, 6.45) is 0.478. The lowest BCUT2D eigenvalue weighted by atomic mass is 9.94. The highest BCUT2D eigenvalue weighted by atomic mass is 16.6. The van der Waals surface area contributed by atoms with Gasteiger partial charge in [0.05, 0.1) is 20.8 Å². The zero-order valence-electron chi connectivity index (χ0n) is 11.9. The monoisotopic (exact) mass is 264 g/mol. The predicted molar refractivity (Wildman–Crippen MR) is 72.0 cm³/mol. The molecular weight excluding hydrogens is 244 g/mol. The van der Waals surface area contributed by atoms with Crippen molar-refractivity contribution in [2.45, 2.75) is 26.4 Å². The largest absolute Gasteiger partial charge is 0.493 e. The Kier molecular flexibility index (Phi) is 4.10. The highest BCUT2D eigenvalue weighted by Gasteiger charge is 2.34.